The van der Waals surface area contributed by atoms with Gasteiger partial charge in [0.1, 0.15) is 0 Å². The van der Waals surface area contributed by atoms with Crippen LogP contribution in [-0.2, 0) is 16.8 Å². The number of benzene rings is 2. The van der Waals surface area contributed by atoms with Crippen LogP contribution in [0.5, 0.6) is 0 Å². The minimum Gasteiger partial charge on any atom is -0.377 e. The van der Waals surface area contributed by atoms with E-state index in [0.717, 1.165) is 27.8 Å². The molecule has 0 saturated carbocycles. The molecule has 0 radical (unpaired) electrons. The van der Waals surface area contributed by atoms with Crippen molar-refractivity contribution in [2.75, 3.05) is 6.61 Å². The number of hydrogen-bond acceptors (Lipinski definition) is 2. The van der Waals surface area contributed by atoms with Gasteiger partial charge in [0, 0.05) is 12.2 Å². The summed E-state index contributed by atoms with van der Waals surface area (Å²) in [5.74, 6) is 0.122. The molecule has 2 heteroatoms. The van der Waals surface area contributed by atoms with Crippen molar-refractivity contribution >= 4 is 11.4 Å². The van der Waals surface area contributed by atoms with E-state index in [1.165, 1.54) is 0 Å². The van der Waals surface area contributed by atoms with Crippen molar-refractivity contribution in [3.05, 3.63) is 77.4 Å². The fourth-order valence-corrected chi connectivity index (χ4v) is 3.25. The van der Waals surface area contributed by atoms with Crippen LogP contribution in [0.4, 0.5) is 0 Å². The average Bonchev–Trinajstić information content (AvgIpc) is 2.76. The minimum absolute atomic E-state index is 0.122. The van der Waals surface area contributed by atoms with Gasteiger partial charge in [-0.1, -0.05) is 55.1 Å². The van der Waals surface area contributed by atoms with Crippen molar-refractivity contribution in [3.8, 4) is 0 Å². The largest absolute Gasteiger partial charge is 0.377 e. The summed E-state index contributed by atoms with van der Waals surface area (Å²) in [4.78, 5) is 13.1. The zero-order valence-electron chi connectivity index (χ0n) is 13.1. The Balaban J connectivity index is 2.13. The van der Waals surface area contributed by atoms with Gasteiger partial charge in [-0.2, -0.15) is 0 Å². The van der Waals surface area contributed by atoms with Crippen LogP contribution in [0.25, 0.3) is 5.57 Å². The highest BCUT2D eigenvalue weighted by molar-refractivity contribution is 6.20. The van der Waals surface area contributed by atoms with E-state index >= 15 is 0 Å². The van der Waals surface area contributed by atoms with Crippen LogP contribution in [0.3, 0.4) is 0 Å². The topological polar surface area (TPSA) is 26.3 Å². The standard InChI is InChI=1S/C20H20O2/c1-4-22-13-15-9-5-8-12-18(15)20(3)14(2)16-10-6-7-11-17(16)19(20)21/h5-12H,2,4,13H2,1,3H3. The second-order valence-corrected chi connectivity index (χ2v) is 5.77. The van der Waals surface area contributed by atoms with Crippen LogP contribution >= 0.6 is 0 Å². The van der Waals surface area contributed by atoms with Gasteiger partial charge in [-0.15, -0.1) is 0 Å². The molecular weight excluding hydrogens is 272 g/mol. The first-order chi connectivity index (χ1) is 10.6. The average molecular weight is 292 g/mol. The van der Waals surface area contributed by atoms with E-state index in [1.54, 1.807) is 0 Å². The Bertz CT molecular complexity index is 708. The van der Waals surface area contributed by atoms with Gasteiger partial charge in [-0.3, -0.25) is 4.79 Å². The second kappa shape index (κ2) is 5.54. The van der Waals surface area contributed by atoms with Gasteiger partial charge >= 0.3 is 0 Å². The highest BCUT2D eigenvalue weighted by Gasteiger charge is 2.46. The van der Waals surface area contributed by atoms with Gasteiger partial charge in [0.05, 0.1) is 12.0 Å². The number of carbonyl (C=O) groups is 1. The fourth-order valence-electron chi connectivity index (χ4n) is 3.25. The molecular formula is C20H20O2. The van der Waals surface area contributed by atoms with E-state index in [1.807, 2.05) is 62.4 Å². The Labute approximate surface area is 131 Å². The predicted octanol–water partition coefficient (Wildman–Crippen LogP) is 4.39. The summed E-state index contributed by atoms with van der Waals surface area (Å²) in [5, 5.41) is 0. The molecule has 2 nitrogen and oxygen atoms in total. The molecule has 1 aliphatic rings. The van der Waals surface area contributed by atoms with Crippen LogP contribution in [-0.4, -0.2) is 12.4 Å². The Morgan fingerprint density at radius 1 is 1.05 bits per heavy atom. The quantitative estimate of drug-likeness (QED) is 0.835. The van der Waals surface area contributed by atoms with Crippen LogP contribution in [0.15, 0.2) is 55.1 Å². The number of hydrogen-bond donors (Lipinski definition) is 0. The molecule has 2 aromatic rings. The number of ketones is 1. The van der Waals surface area contributed by atoms with Crippen molar-refractivity contribution in [2.24, 2.45) is 0 Å². The van der Waals surface area contributed by atoms with Gasteiger partial charge in [-0.25, -0.2) is 0 Å². The first kappa shape index (κ1) is 14.7. The van der Waals surface area contributed by atoms with E-state index in [4.69, 9.17) is 4.74 Å². The monoisotopic (exact) mass is 292 g/mol. The van der Waals surface area contributed by atoms with Gasteiger partial charge < -0.3 is 4.74 Å². The van der Waals surface area contributed by atoms with Crippen LogP contribution in [0.2, 0.25) is 0 Å². The molecule has 0 fully saturated rings. The number of allylic oxidation sites excluding steroid dienone is 1. The lowest BCUT2D eigenvalue weighted by Crippen LogP contribution is -2.29. The van der Waals surface area contributed by atoms with E-state index < -0.39 is 5.41 Å². The third-order valence-electron chi connectivity index (χ3n) is 4.57. The molecule has 22 heavy (non-hydrogen) atoms. The lowest BCUT2D eigenvalue weighted by atomic mass is 9.74. The number of rotatable bonds is 4. The molecule has 112 valence electrons. The zero-order chi connectivity index (χ0) is 15.7. The summed E-state index contributed by atoms with van der Waals surface area (Å²) in [7, 11) is 0. The number of carbonyl (C=O) groups excluding carboxylic acids is 1. The van der Waals surface area contributed by atoms with Gasteiger partial charge in [0.25, 0.3) is 0 Å². The Hall–Kier alpha value is -2.19. The Kier molecular flexibility index (Phi) is 3.71. The van der Waals surface area contributed by atoms with E-state index in [-0.39, 0.29) is 5.78 Å². The summed E-state index contributed by atoms with van der Waals surface area (Å²) >= 11 is 0. The number of fused-ring (bicyclic) bond motifs is 1. The summed E-state index contributed by atoms with van der Waals surface area (Å²) in [6.45, 7) is 9.35. The third-order valence-corrected chi connectivity index (χ3v) is 4.57. The zero-order valence-corrected chi connectivity index (χ0v) is 13.1. The molecule has 1 atom stereocenters. The van der Waals surface area contributed by atoms with Crippen LogP contribution < -0.4 is 0 Å². The van der Waals surface area contributed by atoms with E-state index in [0.29, 0.717) is 13.2 Å². The third kappa shape index (κ3) is 2.03. The fraction of sp³-hybridized carbons (Fsp3) is 0.250. The molecule has 0 saturated heterocycles. The van der Waals surface area contributed by atoms with Crippen molar-refractivity contribution < 1.29 is 9.53 Å². The van der Waals surface area contributed by atoms with E-state index in [2.05, 4.69) is 6.58 Å². The smallest absolute Gasteiger partial charge is 0.178 e. The molecule has 2 aromatic carbocycles. The van der Waals surface area contributed by atoms with Crippen molar-refractivity contribution in [2.45, 2.75) is 25.9 Å². The van der Waals surface area contributed by atoms with Crippen molar-refractivity contribution in [3.63, 3.8) is 0 Å². The molecule has 1 unspecified atom stereocenters. The maximum absolute atomic E-state index is 13.1. The van der Waals surface area contributed by atoms with Crippen molar-refractivity contribution in [1.82, 2.24) is 0 Å². The first-order valence-electron chi connectivity index (χ1n) is 7.60. The van der Waals surface area contributed by atoms with Crippen LogP contribution in [0, 0.1) is 0 Å². The summed E-state index contributed by atoms with van der Waals surface area (Å²) in [6, 6.07) is 15.7. The molecule has 0 spiro atoms. The molecule has 3 rings (SSSR count). The molecule has 0 bridgehead atoms. The molecule has 0 aliphatic heterocycles. The van der Waals surface area contributed by atoms with Crippen LogP contribution in [0.1, 0.15) is 40.9 Å². The minimum atomic E-state index is -0.711. The predicted molar refractivity (Wildman–Crippen MR) is 88.9 cm³/mol. The van der Waals surface area contributed by atoms with Gasteiger partial charge in [-0.05, 0) is 36.1 Å². The highest BCUT2D eigenvalue weighted by atomic mass is 16.5. The van der Waals surface area contributed by atoms with E-state index in [9.17, 15) is 4.79 Å². The SMILES string of the molecule is C=C1c2ccccc2C(=O)C1(C)c1ccccc1COCC. The number of Topliss-reactive ketones (excluding diaryl/α,β-unsaturated/α-hetero) is 1. The second-order valence-electron chi connectivity index (χ2n) is 5.77. The molecule has 1 aliphatic carbocycles. The summed E-state index contributed by atoms with van der Waals surface area (Å²) in [5.41, 5.74) is 3.93. The van der Waals surface area contributed by atoms with Crippen molar-refractivity contribution in [1.29, 1.82) is 0 Å². The summed E-state index contributed by atoms with van der Waals surface area (Å²) in [6.07, 6.45) is 0. The van der Waals surface area contributed by atoms with Gasteiger partial charge in [0.2, 0.25) is 0 Å². The normalized spacial score (nSPS) is 20.3. The highest BCUT2D eigenvalue weighted by Crippen LogP contribution is 2.48. The summed E-state index contributed by atoms with van der Waals surface area (Å²) < 4.78 is 5.57. The lowest BCUT2D eigenvalue weighted by molar-refractivity contribution is 0.0938. The lowest BCUT2D eigenvalue weighted by Gasteiger charge is -2.27. The maximum atomic E-state index is 13.1. The molecule has 0 N–H and O–H groups in total. The molecule has 0 heterocycles. The van der Waals surface area contributed by atoms with Gasteiger partial charge in [0.15, 0.2) is 5.78 Å². The first-order valence-corrected chi connectivity index (χ1v) is 7.60. The maximum Gasteiger partial charge on any atom is 0.178 e. The Morgan fingerprint density at radius 2 is 1.68 bits per heavy atom. The molecule has 0 amide bonds. The number of ether oxygens (including phenoxy) is 1. The Morgan fingerprint density at radius 3 is 2.36 bits per heavy atom. The molecule has 0 aromatic heterocycles.